The minimum absolute atomic E-state index is 0.233. The molecule has 0 unspecified atom stereocenters. The van der Waals surface area contributed by atoms with E-state index in [-0.39, 0.29) is 5.82 Å². The second-order valence-electron chi connectivity index (χ2n) is 3.94. The van der Waals surface area contributed by atoms with Gasteiger partial charge in [0.2, 0.25) is 0 Å². The fourth-order valence-electron chi connectivity index (χ4n) is 1.66. The van der Waals surface area contributed by atoms with E-state index in [9.17, 15) is 4.39 Å². The predicted octanol–water partition coefficient (Wildman–Crippen LogP) is 5.00. The topological polar surface area (TPSA) is 12.0 Å². The molecule has 19 heavy (non-hydrogen) atoms. The third kappa shape index (κ3) is 3.63. The van der Waals surface area contributed by atoms with E-state index in [1.807, 2.05) is 19.2 Å². The summed E-state index contributed by atoms with van der Waals surface area (Å²) in [6.45, 7) is 0.613. The molecule has 0 fully saturated rings. The van der Waals surface area contributed by atoms with Gasteiger partial charge in [0.15, 0.2) is 0 Å². The van der Waals surface area contributed by atoms with Crippen LogP contribution in [-0.4, -0.2) is 7.05 Å². The molecule has 0 radical (unpaired) electrons. The molecule has 2 rings (SSSR count). The number of hydrogen-bond donors (Lipinski definition) is 1. The molecule has 5 heteroatoms. The first-order valence-electron chi connectivity index (χ1n) is 5.66. The molecule has 0 saturated heterocycles. The lowest BCUT2D eigenvalue weighted by Crippen LogP contribution is -2.06. The van der Waals surface area contributed by atoms with E-state index >= 15 is 0 Å². The summed E-state index contributed by atoms with van der Waals surface area (Å²) in [5.41, 5.74) is 0.915. The van der Waals surface area contributed by atoms with E-state index in [0.29, 0.717) is 21.5 Å². The lowest BCUT2D eigenvalue weighted by molar-refractivity contribution is 0.594. The van der Waals surface area contributed by atoms with Gasteiger partial charge in [-0.15, -0.1) is 0 Å². The first-order valence-corrected chi connectivity index (χ1v) is 7.24. The molecule has 0 heterocycles. The van der Waals surface area contributed by atoms with Crippen molar-refractivity contribution in [3.05, 3.63) is 57.8 Å². The van der Waals surface area contributed by atoms with Crippen LogP contribution in [0.2, 0.25) is 10.0 Å². The number of benzene rings is 2. The Morgan fingerprint density at radius 1 is 1.16 bits per heavy atom. The van der Waals surface area contributed by atoms with Crippen LogP contribution in [0.1, 0.15) is 5.56 Å². The highest BCUT2D eigenvalue weighted by Gasteiger charge is 2.10. The van der Waals surface area contributed by atoms with Crippen LogP contribution >= 0.6 is 35.0 Å². The van der Waals surface area contributed by atoms with Gasteiger partial charge in [-0.05, 0) is 36.9 Å². The summed E-state index contributed by atoms with van der Waals surface area (Å²) in [5, 5.41) is 4.00. The lowest BCUT2D eigenvalue weighted by atomic mass is 10.2. The highest BCUT2D eigenvalue weighted by atomic mass is 35.5. The summed E-state index contributed by atoms with van der Waals surface area (Å²) < 4.78 is 13.9. The van der Waals surface area contributed by atoms with Crippen molar-refractivity contribution in [1.29, 1.82) is 0 Å². The summed E-state index contributed by atoms with van der Waals surface area (Å²) in [4.78, 5) is 1.46. The van der Waals surface area contributed by atoms with Crippen LogP contribution in [0.25, 0.3) is 0 Å². The minimum Gasteiger partial charge on any atom is -0.316 e. The summed E-state index contributed by atoms with van der Waals surface area (Å²) in [6, 6.07) is 10.3. The molecule has 1 nitrogen and oxygen atoms in total. The second-order valence-corrected chi connectivity index (χ2v) is 5.83. The molecular formula is C14H12Cl2FNS. The van der Waals surface area contributed by atoms with E-state index in [4.69, 9.17) is 23.2 Å². The van der Waals surface area contributed by atoms with Crippen LogP contribution in [0.5, 0.6) is 0 Å². The molecule has 0 spiro atoms. The van der Waals surface area contributed by atoms with Gasteiger partial charge in [0.05, 0.1) is 14.9 Å². The zero-order valence-electron chi connectivity index (χ0n) is 10.2. The van der Waals surface area contributed by atoms with E-state index in [2.05, 4.69) is 5.32 Å². The van der Waals surface area contributed by atoms with Crippen molar-refractivity contribution in [2.45, 2.75) is 16.3 Å². The van der Waals surface area contributed by atoms with Gasteiger partial charge in [-0.2, -0.15) is 0 Å². The first kappa shape index (κ1) is 14.7. The van der Waals surface area contributed by atoms with Gasteiger partial charge in [-0.3, -0.25) is 0 Å². The smallest absolute Gasteiger partial charge is 0.137 e. The number of rotatable bonds is 4. The quantitative estimate of drug-likeness (QED) is 0.851. The fraction of sp³-hybridized carbons (Fsp3) is 0.143. The molecule has 0 aliphatic carbocycles. The summed E-state index contributed by atoms with van der Waals surface area (Å²) in [6.07, 6.45) is 0. The number of halogens is 3. The maximum absolute atomic E-state index is 13.9. The molecular weight excluding hydrogens is 304 g/mol. The number of nitrogens with one attached hydrogen (secondary N) is 1. The third-order valence-corrected chi connectivity index (χ3v) is 4.42. The maximum atomic E-state index is 13.9. The van der Waals surface area contributed by atoms with Crippen LogP contribution < -0.4 is 5.32 Å². The van der Waals surface area contributed by atoms with Gasteiger partial charge in [-0.1, -0.05) is 47.1 Å². The average Bonchev–Trinajstić information content (AvgIpc) is 2.38. The van der Waals surface area contributed by atoms with Crippen LogP contribution in [0, 0.1) is 5.82 Å². The van der Waals surface area contributed by atoms with Crippen molar-refractivity contribution in [3.63, 3.8) is 0 Å². The maximum Gasteiger partial charge on any atom is 0.137 e. The van der Waals surface area contributed by atoms with Gasteiger partial charge < -0.3 is 5.32 Å². The molecule has 0 atom stereocenters. The normalized spacial score (nSPS) is 10.7. The second kappa shape index (κ2) is 6.62. The van der Waals surface area contributed by atoms with Crippen molar-refractivity contribution in [3.8, 4) is 0 Å². The Balaban J connectivity index is 2.34. The highest BCUT2D eigenvalue weighted by Crippen LogP contribution is 2.35. The van der Waals surface area contributed by atoms with E-state index in [1.165, 1.54) is 17.8 Å². The lowest BCUT2D eigenvalue weighted by Gasteiger charge is -2.10. The van der Waals surface area contributed by atoms with E-state index < -0.39 is 0 Å². The van der Waals surface area contributed by atoms with Crippen molar-refractivity contribution < 1.29 is 4.39 Å². The molecule has 0 amide bonds. The van der Waals surface area contributed by atoms with Gasteiger partial charge in [0.25, 0.3) is 0 Å². The Morgan fingerprint density at radius 3 is 2.63 bits per heavy atom. The Kier molecular flexibility index (Phi) is 5.11. The Labute approximate surface area is 126 Å². The zero-order chi connectivity index (χ0) is 13.8. The standard InChI is InChI=1S/C14H12Cl2FNS/c1-18-8-9-3-2-4-13(17)14(9)19-10-5-6-11(15)12(16)7-10/h2-7,18H,8H2,1H3. The summed E-state index contributed by atoms with van der Waals surface area (Å²) in [7, 11) is 1.83. The summed E-state index contributed by atoms with van der Waals surface area (Å²) >= 11 is 13.2. The first-order chi connectivity index (χ1) is 9.11. The van der Waals surface area contributed by atoms with Crippen LogP contribution in [0.15, 0.2) is 46.2 Å². The van der Waals surface area contributed by atoms with Crippen LogP contribution in [0.3, 0.4) is 0 Å². The molecule has 1 N–H and O–H groups in total. The molecule has 2 aromatic rings. The minimum atomic E-state index is -0.233. The van der Waals surface area contributed by atoms with Gasteiger partial charge in [-0.25, -0.2) is 4.39 Å². The zero-order valence-corrected chi connectivity index (χ0v) is 12.5. The molecule has 0 aromatic heterocycles. The number of hydrogen-bond acceptors (Lipinski definition) is 2. The van der Waals surface area contributed by atoms with Gasteiger partial charge >= 0.3 is 0 Å². The van der Waals surface area contributed by atoms with Crippen molar-refractivity contribution >= 4 is 35.0 Å². The van der Waals surface area contributed by atoms with E-state index in [0.717, 1.165) is 10.5 Å². The van der Waals surface area contributed by atoms with Gasteiger partial charge in [0.1, 0.15) is 5.82 Å². The fourth-order valence-corrected chi connectivity index (χ4v) is 3.00. The monoisotopic (exact) mass is 315 g/mol. The Morgan fingerprint density at radius 2 is 1.95 bits per heavy atom. The van der Waals surface area contributed by atoms with Crippen LogP contribution in [-0.2, 0) is 6.54 Å². The molecule has 100 valence electrons. The predicted molar refractivity (Wildman–Crippen MR) is 79.7 cm³/mol. The average molecular weight is 316 g/mol. The SMILES string of the molecule is CNCc1cccc(F)c1Sc1ccc(Cl)c(Cl)c1. The Bertz CT molecular complexity index is 590. The molecule has 0 bridgehead atoms. The molecule has 0 aliphatic rings. The van der Waals surface area contributed by atoms with Gasteiger partial charge in [0, 0.05) is 11.4 Å². The van der Waals surface area contributed by atoms with E-state index in [1.54, 1.807) is 18.2 Å². The summed E-state index contributed by atoms with van der Waals surface area (Å²) in [5.74, 6) is -0.233. The molecule has 0 saturated carbocycles. The largest absolute Gasteiger partial charge is 0.316 e. The van der Waals surface area contributed by atoms with Crippen molar-refractivity contribution in [2.75, 3.05) is 7.05 Å². The van der Waals surface area contributed by atoms with Crippen molar-refractivity contribution in [1.82, 2.24) is 5.32 Å². The van der Waals surface area contributed by atoms with Crippen molar-refractivity contribution in [2.24, 2.45) is 0 Å². The van der Waals surface area contributed by atoms with Crippen LogP contribution in [0.4, 0.5) is 4.39 Å². The highest BCUT2D eigenvalue weighted by molar-refractivity contribution is 7.99. The molecule has 2 aromatic carbocycles. The third-order valence-electron chi connectivity index (χ3n) is 2.53. The molecule has 0 aliphatic heterocycles. The Hall–Kier alpha value is -0.740.